The Kier molecular flexibility index (Phi) is 7.84. The van der Waals surface area contributed by atoms with Crippen molar-refractivity contribution in [3.05, 3.63) is 87.9 Å². The summed E-state index contributed by atoms with van der Waals surface area (Å²) < 4.78 is 36.7. The molecule has 0 aromatic heterocycles. The van der Waals surface area contributed by atoms with Crippen LogP contribution in [-0.2, 0) is 26.8 Å². The van der Waals surface area contributed by atoms with Gasteiger partial charge >= 0.3 is 0 Å². The molecule has 1 unspecified atom stereocenters. The molecule has 0 aliphatic carbocycles. The van der Waals surface area contributed by atoms with Crippen molar-refractivity contribution in [1.29, 1.82) is 0 Å². The minimum Gasteiger partial charge on any atom is -0.493 e. The monoisotopic (exact) mass is 598 g/mol. The number of carbonyl (C=O) groups is 1. The molecule has 1 amide bonds. The molecule has 10 heteroatoms. The van der Waals surface area contributed by atoms with Gasteiger partial charge in [0.1, 0.15) is 0 Å². The number of hydrogen-bond donors (Lipinski definition) is 1. The largest absolute Gasteiger partial charge is 0.493 e. The molecule has 41 heavy (non-hydrogen) atoms. The van der Waals surface area contributed by atoms with Crippen molar-refractivity contribution in [3.63, 3.8) is 0 Å². The van der Waals surface area contributed by atoms with Gasteiger partial charge in [-0.1, -0.05) is 35.9 Å². The highest BCUT2D eigenvalue weighted by atomic mass is 35.5. The smallest absolute Gasteiger partial charge is 0.232 e. The van der Waals surface area contributed by atoms with Crippen molar-refractivity contribution in [1.82, 2.24) is 4.31 Å². The summed E-state index contributed by atoms with van der Waals surface area (Å²) in [5, 5.41) is 11.9. The lowest BCUT2D eigenvalue weighted by atomic mass is 9.79. The van der Waals surface area contributed by atoms with Gasteiger partial charge in [-0.25, -0.2) is 12.7 Å². The Morgan fingerprint density at radius 1 is 1.02 bits per heavy atom. The first-order chi connectivity index (χ1) is 19.3. The fourth-order valence-corrected chi connectivity index (χ4v) is 6.62. The topological polar surface area (TPSA) is 96.4 Å². The standard InChI is InChI=1S/C31H35ClN2O6S/c1-19(2)40-28-16-26-21(14-27(28)39-4)15-29(35)34(30(26)20-6-10-24(32)11-7-20)25-12-8-22(9-13-25)31(3,36)23-17-33(18-23)41(5,37)38/h6-14,16,19,23,30,36H,15,17-18H2,1-5H3/t30-,31?/m0/s1. The molecule has 3 aromatic rings. The van der Waals surface area contributed by atoms with Crippen molar-refractivity contribution in [3.8, 4) is 11.5 Å². The molecular weight excluding hydrogens is 564 g/mol. The Hall–Kier alpha value is -3.11. The summed E-state index contributed by atoms with van der Waals surface area (Å²) in [6, 6.07) is 18.1. The van der Waals surface area contributed by atoms with Crippen LogP contribution >= 0.6 is 11.6 Å². The minimum atomic E-state index is -3.29. The molecule has 8 nitrogen and oxygen atoms in total. The van der Waals surface area contributed by atoms with Gasteiger partial charge in [0.05, 0.1) is 37.5 Å². The van der Waals surface area contributed by atoms with Gasteiger partial charge in [-0.3, -0.25) is 4.79 Å². The van der Waals surface area contributed by atoms with Crippen LogP contribution in [0.4, 0.5) is 5.69 Å². The molecule has 0 spiro atoms. The fraction of sp³-hybridized carbons (Fsp3) is 0.387. The number of sulfonamides is 1. The molecule has 2 aliphatic rings. The van der Waals surface area contributed by atoms with E-state index in [1.807, 2.05) is 74.5 Å². The SMILES string of the molecule is COc1cc2c(cc1OC(C)C)[C@H](c1ccc(Cl)cc1)N(c1ccc(C(C)(O)C3CN(S(C)(=O)=O)C3)cc1)C(=O)C2. The molecule has 0 radical (unpaired) electrons. The second-order valence-corrected chi connectivity index (χ2v) is 13.7. The van der Waals surface area contributed by atoms with E-state index < -0.39 is 21.7 Å². The molecule has 2 atom stereocenters. The van der Waals surface area contributed by atoms with Crippen LogP contribution in [0.25, 0.3) is 0 Å². The number of rotatable bonds is 8. The quantitative estimate of drug-likeness (QED) is 0.396. The number of fused-ring (bicyclic) bond motifs is 1. The van der Waals surface area contributed by atoms with Gasteiger partial charge in [-0.2, -0.15) is 0 Å². The average molecular weight is 599 g/mol. The van der Waals surface area contributed by atoms with Crippen LogP contribution in [0.1, 0.15) is 49.1 Å². The number of aliphatic hydroxyl groups is 1. The van der Waals surface area contributed by atoms with Crippen LogP contribution in [-0.4, -0.2) is 56.3 Å². The van der Waals surface area contributed by atoms with Crippen molar-refractivity contribution in [2.75, 3.05) is 31.4 Å². The Labute approximate surface area is 246 Å². The highest BCUT2D eigenvalue weighted by Gasteiger charge is 2.45. The number of hydrogen-bond acceptors (Lipinski definition) is 6. The number of anilines is 1. The van der Waals surface area contributed by atoms with E-state index in [-0.39, 0.29) is 37.4 Å². The Morgan fingerprint density at radius 3 is 2.22 bits per heavy atom. The molecule has 218 valence electrons. The van der Waals surface area contributed by atoms with E-state index >= 15 is 0 Å². The number of carbonyl (C=O) groups excluding carboxylic acids is 1. The van der Waals surface area contributed by atoms with Gasteiger partial charge < -0.3 is 19.5 Å². The molecule has 1 saturated heterocycles. The van der Waals surface area contributed by atoms with E-state index in [4.69, 9.17) is 21.1 Å². The Bertz CT molecular complexity index is 1550. The third kappa shape index (κ3) is 5.68. The summed E-state index contributed by atoms with van der Waals surface area (Å²) in [5.41, 5.74) is 2.77. The molecule has 1 N–H and O–H groups in total. The summed E-state index contributed by atoms with van der Waals surface area (Å²) >= 11 is 6.21. The predicted molar refractivity (Wildman–Crippen MR) is 159 cm³/mol. The Balaban J connectivity index is 1.54. The minimum absolute atomic E-state index is 0.0715. The van der Waals surface area contributed by atoms with E-state index in [1.165, 1.54) is 10.6 Å². The summed E-state index contributed by atoms with van der Waals surface area (Å²) in [6.45, 7) is 6.12. The van der Waals surface area contributed by atoms with Crippen LogP contribution < -0.4 is 14.4 Å². The van der Waals surface area contributed by atoms with E-state index in [2.05, 4.69) is 0 Å². The van der Waals surface area contributed by atoms with E-state index in [1.54, 1.807) is 18.9 Å². The van der Waals surface area contributed by atoms with Gasteiger partial charge in [0.15, 0.2) is 11.5 Å². The van der Waals surface area contributed by atoms with Crippen LogP contribution in [0, 0.1) is 5.92 Å². The number of halogens is 1. The highest BCUT2D eigenvalue weighted by molar-refractivity contribution is 7.88. The highest BCUT2D eigenvalue weighted by Crippen LogP contribution is 2.44. The summed E-state index contributed by atoms with van der Waals surface area (Å²) in [6.07, 6.45) is 1.28. The van der Waals surface area contributed by atoms with Gasteiger partial charge in [0.25, 0.3) is 0 Å². The molecule has 0 saturated carbocycles. The van der Waals surface area contributed by atoms with Gasteiger partial charge in [-0.15, -0.1) is 0 Å². The van der Waals surface area contributed by atoms with Crippen molar-refractivity contribution in [2.45, 2.75) is 44.9 Å². The van der Waals surface area contributed by atoms with Crippen molar-refractivity contribution >= 4 is 33.2 Å². The molecular formula is C31H35ClN2O6S. The maximum Gasteiger partial charge on any atom is 0.232 e. The lowest BCUT2D eigenvalue weighted by molar-refractivity contribution is -0.118. The Morgan fingerprint density at radius 2 is 1.66 bits per heavy atom. The first kappa shape index (κ1) is 29.4. The molecule has 0 bridgehead atoms. The van der Waals surface area contributed by atoms with Crippen molar-refractivity contribution < 1.29 is 27.8 Å². The van der Waals surface area contributed by atoms with Crippen LogP contribution in [0.5, 0.6) is 11.5 Å². The zero-order valence-corrected chi connectivity index (χ0v) is 25.4. The van der Waals surface area contributed by atoms with Crippen LogP contribution in [0.2, 0.25) is 5.02 Å². The van der Waals surface area contributed by atoms with Crippen LogP contribution in [0.15, 0.2) is 60.7 Å². The second-order valence-electron chi connectivity index (χ2n) is 11.2. The lowest BCUT2D eigenvalue weighted by Gasteiger charge is -2.45. The summed E-state index contributed by atoms with van der Waals surface area (Å²) in [4.78, 5) is 15.5. The maximum atomic E-state index is 13.8. The van der Waals surface area contributed by atoms with E-state index in [9.17, 15) is 18.3 Å². The second kappa shape index (κ2) is 10.9. The number of ether oxygens (including phenoxy) is 2. The molecule has 2 aliphatic heterocycles. The van der Waals surface area contributed by atoms with Gasteiger partial charge in [0, 0.05) is 29.7 Å². The summed E-state index contributed by atoms with van der Waals surface area (Å²) in [5.74, 6) is 0.859. The average Bonchev–Trinajstić information content (AvgIpc) is 2.86. The van der Waals surface area contributed by atoms with Gasteiger partial charge in [0.2, 0.25) is 15.9 Å². The molecule has 3 aromatic carbocycles. The molecule has 2 heterocycles. The van der Waals surface area contributed by atoms with E-state index in [0.29, 0.717) is 27.8 Å². The normalized spacial score (nSPS) is 19.5. The third-order valence-electron chi connectivity index (χ3n) is 7.98. The maximum absolute atomic E-state index is 13.8. The lowest BCUT2D eigenvalue weighted by Crippen LogP contribution is -2.56. The number of amides is 1. The number of methoxy groups -OCH3 is 1. The number of nitrogens with zero attached hydrogens (tertiary/aromatic N) is 2. The first-order valence-corrected chi connectivity index (χ1v) is 15.7. The number of benzene rings is 3. The van der Waals surface area contributed by atoms with Crippen LogP contribution in [0.3, 0.4) is 0 Å². The zero-order valence-electron chi connectivity index (χ0n) is 23.8. The third-order valence-corrected chi connectivity index (χ3v) is 9.47. The van der Waals surface area contributed by atoms with Gasteiger partial charge in [-0.05, 0) is 79.4 Å². The predicted octanol–water partition coefficient (Wildman–Crippen LogP) is 4.91. The molecule has 1 fully saturated rings. The first-order valence-electron chi connectivity index (χ1n) is 13.5. The fourth-order valence-electron chi connectivity index (χ4n) is 5.59. The van der Waals surface area contributed by atoms with Crippen molar-refractivity contribution in [2.24, 2.45) is 5.92 Å². The molecule has 5 rings (SSSR count). The summed E-state index contributed by atoms with van der Waals surface area (Å²) in [7, 11) is -1.71. The van der Waals surface area contributed by atoms with E-state index in [0.717, 1.165) is 16.7 Å². The zero-order chi connectivity index (χ0) is 29.7.